The number of hydrogen-bond donors (Lipinski definition) is 2. The number of nitrogens with zero attached hydrogens (tertiary/aromatic N) is 2. The van der Waals surface area contributed by atoms with E-state index in [9.17, 15) is 5.11 Å². The van der Waals surface area contributed by atoms with E-state index < -0.39 is 0 Å². The first-order valence-electron chi connectivity index (χ1n) is 8.97. The van der Waals surface area contributed by atoms with Crippen LogP contribution < -0.4 is 5.32 Å². The van der Waals surface area contributed by atoms with Gasteiger partial charge >= 0.3 is 0 Å². The third-order valence-electron chi connectivity index (χ3n) is 5.57. The van der Waals surface area contributed by atoms with E-state index in [0.717, 1.165) is 19.4 Å². The lowest BCUT2D eigenvalue weighted by molar-refractivity contribution is 0.111. The van der Waals surface area contributed by atoms with Crippen LogP contribution in [0.2, 0.25) is 0 Å². The number of likely N-dealkylation sites (N-methyl/N-ethyl adjacent to an activating group) is 1. The molecule has 0 bridgehead atoms. The van der Waals surface area contributed by atoms with Gasteiger partial charge in [-0.3, -0.25) is 0 Å². The van der Waals surface area contributed by atoms with Crippen LogP contribution in [0.25, 0.3) is 0 Å². The van der Waals surface area contributed by atoms with Crippen molar-refractivity contribution in [1.29, 1.82) is 0 Å². The van der Waals surface area contributed by atoms with Crippen LogP contribution in [-0.4, -0.2) is 73.4 Å². The van der Waals surface area contributed by atoms with Crippen LogP contribution in [0.3, 0.4) is 0 Å². The van der Waals surface area contributed by atoms with Crippen molar-refractivity contribution in [2.75, 3.05) is 52.9 Å². The SMILES string of the molecule is CCCNC1(CO)CCCC1CCN1CCCN(C)CC1. The molecule has 0 aromatic heterocycles. The van der Waals surface area contributed by atoms with Gasteiger partial charge in [0.15, 0.2) is 0 Å². The van der Waals surface area contributed by atoms with Gasteiger partial charge in [0.05, 0.1) is 6.61 Å². The molecule has 0 spiro atoms. The summed E-state index contributed by atoms with van der Waals surface area (Å²) in [5.41, 5.74) is 0.0126. The molecule has 0 amide bonds. The largest absolute Gasteiger partial charge is 0.394 e. The van der Waals surface area contributed by atoms with E-state index in [4.69, 9.17) is 0 Å². The summed E-state index contributed by atoms with van der Waals surface area (Å²) >= 11 is 0. The summed E-state index contributed by atoms with van der Waals surface area (Å²) in [7, 11) is 2.23. The quantitative estimate of drug-likeness (QED) is 0.748. The number of aliphatic hydroxyl groups excluding tert-OH is 1. The van der Waals surface area contributed by atoms with Gasteiger partial charge in [-0.15, -0.1) is 0 Å². The van der Waals surface area contributed by atoms with Gasteiger partial charge in [0, 0.05) is 18.6 Å². The van der Waals surface area contributed by atoms with E-state index in [1.807, 2.05) is 0 Å². The molecule has 0 aromatic carbocycles. The van der Waals surface area contributed by atoms with Gasteiger partial charge in [0.1, 0.15) is 0 Å². The Labute approximate surface area is 130 Å². The highest BCUT2D eigenvalue weighted by atomic mass is 16.3. The van der Waals surface area contributed by atoms with E-state index in [0.29, 0.717) is 12.5 Å². The number of hydrogen-bond acceptors (Lipinski definition) is 4. The minimum atomic E-state index is 0.0126. The molecule has 2 aliphatic rings. The summed E-state index contributed by atoms with van der Waals surface area (Å²) in [5, 5.41) is 13.6. The normalized spacial score (nSPS) is 32.4. The number of aliphatic hydroxyl groups is 1. The van der Waals surface area contributed by atoms with E-state index >= 15 is 0 Å². The highest BCUT2D eigenvalue weighted by Crippen LogP contribution is 2.37. The minimum Gasteiger partial charge on any atom is -0.394 e. The fraction of sp³-hybridized carbons (Fsp3) is 1.00. The summed E-state index contributed by atoms with van der Waals surface area (Å²) < 4.78 is 0. The maximum absolute atomic E-state index is 9.95. The van der Waals surface area contributed by atoms with Gasteiger partial charge in [-0.1, -0.05) is 13.3 Å². The molecular formula is C17H35N3O. The second-order valence-electron chi connectivity index (χ2n) is 7.12. The zero-order chi connectivity index (χ0) is 15.1. The molecule has 1 aliphatic heterocycles. The number of nitrogens with one attached hydrogen (secondary N) is 1. The second kappa shape index (κ2) is 8.47. The Hall–Kier alpha value is -0.160. The molecule has 124 valence electrons. The standard InChI is InChI=1S/C17H35N3O/c1-3-9-18-17(15-21)8-4-6-16(17)7-12-20-11-5-10-19(2)13-14-20/h16,18,21H,3-15H2,1-2H3. The van der Waals surface area contributed by atoms with Crippen molar-refractivity contribution in [3.63, 3.8) is 0 Å². The van der Waals surface area contributed by atoms with E-state index in [1.54, 1.807) is 0 Å². The molecule has 1 heterocycles. The predicted octanol–water partition coefficient (Wildman–Crippen LogP) is 1.54. The average molecular weight is 297 g/mol. The van der Waals surface area contributed by atoms with Gasteiger partial charge in [0.25, 0.3) is 0 Å². The Balaban J connectivity index is 1.82. The van der Waals surface area contributed by atoms with Crippen molar-refractivity contribution >= 4 is 0 Å². The predicted molar refractivity (Wildman–Crippen MR) is 88.6 cm³/mol. The van der Waals surface area contributed by atoms with Crippen molar-refractivity contribution in [3.8, 4) is 0 Å². The topological polar surface area (TPSA) is 38.7 Å². The van der Waals surface area contributed by atoms with Crippen LogP contribution in [0.4, 0.5) is 0 Å². The van der Waals surface area contributed by atoms with Crippen LogP contribution >= 0.6 is 0 Å². The zero-order valence-electron chi connectivity index (χ0n) is 14.1. The highest BCUT2D eigenvalue weighted by molar-refractivity contribution is 4.99. The summed E-state index contributed by atoms with van der Waals surface area (Å²) in [6, 6.07) is 0. The lowest BCUT2D eigenvalue weighted by atomic mass is 9.85. The molecule has 21 heavy (non-hydrogen) atoms. The Morgan fingerprint density at radius 3 is 2.81 bits per heavy atom. The first kappa shape index (κ1) is 17.2. The molecule has 1 aliphatic carbocycles. The van der Waals surface area contributed by atoms with E-state index in [-0.39, 0.29) is 5.54 Å². The summed E-state index contributed by atoms with van der Waals surface area (Å²) in [4.78, 5) is 5.07. The van der Waals surface area contributed by atoms with Crippen molar-refractivity contribution < 1.29 is 5.11 Å². The van der Waals surface area contributed by atoms with Crippen molar-refractivity contribution in [1.82, 2.24) is 15.1 Å². The second-order valence-corrected chi connectivity index (χ2v) is 7.12. The highest BCUT2D eigenvalue weighted by Gasteiger charge is 2.41. The third-order valence-corrected chi connectivity index (χ3v) is 5.57. The Bertz CT molecular complexity index is 300. The maximum atomic E-state index is 9.95. The zero-order valence-corrected chi connectivity index (χ0v) is 14.1. The fourth-order valence-electron chi connectivity index (χ4n) is 4.10. The average Bonchev–Trinajstić information content (AvgIpc) is 2.79. The monoisotopic (exact) mass is 297 g/mol. The van der Waals surface area contributed by atoms with Gasteiger partial charge in [-0.25, -0.2) is 0 Å². The summed E-state index contributed by atoms with van der Waals surface area (Å²) in [6.45, 7) is 9.63. The van der Waals surface area contributed by atoms with Crippen LogP contribution in [-0.2, 0) is 0 Å². The molecule has 2 unspecified atom stereocenters. The maximum Gasteiger partial charge on any atom is 0.0616 e. The molecular weight excluding hydrogens is 262 g/mol. The minimum absolute atomic E-state index is 0.0126. The Kier molecular flexibility index (Phi) is 6.93. The van der Waals surface area contributed by atoms with E-state index in [2.05, 4.69) is 29.1 Å². The van der Waals surface area contributed by atoms with E-state index in [1.165, 1.54) is 58.4 Å². The first-order valence-corrected chi connectivity index (χ1v) is 8.97. The Morgan fingerprint density at radius 2 is 2.05 bits per heavy atom. The van der Waals surface area contributed by atoms with Crippen LogP contribution in [0.1, 0.15) is 45.4 Å². The Morgan fingerprint density at radius 1 is 1.19 bits per heavy atom. The molecule has 2 rings (SSSR count). The molecule has 4 nitrogen and oxygen atoms in total. The van der Waals surface area contributed by atoms with Crippen LogP contribution in [0.5, 0.6) is 0 Å². The summed E-state index contributed by atoms with van der Waals surface area (Å²) in [5.74, 6) is 0.648. The molecule has 2 N–H and O–H groups in total. The molecule has 2 fully saturated rings. The van der Waals surface area contributed by atoms with Gasteiger partial charge in [0.2, 0.25) is 0 Å². The first-order chi connectivity index (χ1) is 10.2. The molecule has 2 atom stereocenters. The molecule has 0 radical (unpaired) electrons. The van der Waals surface area contributed by atoms with Gasteiger partial charge in [-0.05, 0) is 71.2 Å². The fourth-order valence-corrected chi connectivity index (χ4v) is 4.10. The number of rotatable bonds is 7. The van der Waals surface area contributed by atoms with Crippen molar-refractivity contribution in [3.05, 3.63) is 0 Å². The lowest BCUT2D eigenvalue weighted by Crippen LogP contribution is -2.52. The van der Waals surface area contributed by atoms with Gasteiger partial charge in [-0.2, -0.15) is 0 Å². The molecule has 1 saturated heterocycles. The summed E-state index contributed by atoms with van der Waals surface area (Å²) in [6.07, 6.45) is 7.38. The van der Waals surface area contributed by atoms with Gasteiger partial charge < -0.3 is 20.2 Å². The van der Waals surface area contributed by atoms with Crippen LogP contribution in [0, 0.1) is 5.92 Å². The molecule has 4 heteroatoms. The van der Waals surface area contributed by atoms with Crippen molar-refractivity contribution in [2.24, 2.45) is 5.92 Å². The van der Waals surface area contributed by atoms with Crippen LogP contribution in [0.15, 0.2) is 0 Å². The lowest BCUT2D eigenvalue weighted by Gasteiger charge is -2.36. The molecule has 1 saturated carbocycles. The molecule has 0 aromatic rings. The smallest absolute Gasteiger partial charge is 0.0616 e. The third kappa shape index (κ3) is 4.65. The van der Waals surface area contributed by atoms with Crippen molar-refractivity contribution in [2.45, 2.75) is 51.0 Å².